The van der Waals surface area contributed by atoms with Crippen molar-refractivity contribution in [2.45, 2.75) is 25.6 Å². The molecule has 6 heteroatoms. The van der Waals surface area contributed by atoms with Crippen LogP contribution in [0.1, 0.15) is 13.3 Å². The van der Waals surface area contributed by atoms with Crippen LogP contribution in [-0.4, -0.2) is 72.3 Å². The Balaban J connectivity index is 3.82. The van der Waals surface area contributed by atoms with Crippen LogP contribution in [0.3, 0.4) is 0 Å². The van der Waals surface area contributed by atoms with Gasteiger partial charge in [-0.3, -0.25) is 0 Å². The second-order valence-electron chi connectivity index (χ2n) is 3.92. The predicted molar refractivity (Wildman–Crippen MR) is 61.6 cm³/mol. The molecule has 0 fully saturated rings. The van der Waals surface area contributed by atoms with Crippen molar-refractivity contribution in [1.82, 2.24) is 0 Å². The van der Waals surface area contributed by atoms with Gasteiger partial charge in [-0.1, -0.05) is 6.92 Å². The minimum atomic E-state index is -0.560. The average molecular weight is 252 g/mol. The van der Waals surface area contributed by atoms with Gasteiger partial charge in [0.15, 0.2) is 0 Å². The molecule has 0 aromatic rings. The van der Waals surface area contributed by atoms with Crippen LogP contribution in [0.15, 0.2) is 0 Å². The molecule has 0 aromatic carbocycles. The monoisotopic (exact) mass is 252 g/mol. The highest BCUT2D eigenvalue weighted by Crippen LogP contribution is 2.07. The van der Waals surface area contributed by atoms with Crippen molar-refractivity contribution in [3.05, 3.63) is 0 Å². The smallest absolute Gasteiger partial charge is 0.104 e. The number of hydrogen-bond donors (Lipinski definition) is 4. The number of aliphatic hydroxyl groups excluding tert-OH is 4. The zero-order valence-electron chi connectivity index (χ0n) is 10.3. The van der Waals surface area contributed by atoms with Crippen molar-refractivity contribution in [1.29, 1.82) is 0 Å². The maximum absolute atomic E-state index is 8.82. The highest BCUT2D eigenvalue weighted by molar-refractivity contribution is 4.61. The first-order valence-electron chi connectivity index (χ1n) is 5.88. The summed E-state index contributed by atoms with van der Waals surface area (Å²) in [6.07, 6.45) is -0.307. The minimum absolute atomic E-state index is 0.108. The minimum Gasteiger partial charge on any atom is -0.394 e. The van der Waals surface area contributed by atoms with Crippen LogP contribution in [0, 0.1) is 5.92 Å². The molecule has 0 saturated heterocycles. The molecule has 0 atom stereocenters. The van der Waals surface area contributed by atoms with E-state index in [1.807, 2.05) is 6.92 Å². The molecule has 0 unspecified atom stereocenters. The fourth-order valence-electron chi connectivity index (χ4n) is 1.15. The van der Waals surface area contributed by atoms with Crippen molar-refractivity contribution in [2.24, 2.45) is 5.92 Å². The molecule has 17 heavy (non-hydrogen) atoms. The van der Waals surface area contributed by atoms with Gasteiger partial charge in [0.05, 0.1) is 39.6 Å². The van der Waals surface area contributed by atoms with Crippen LogP contribution >= 0.6 is 0 Å². The van der Waals surface area contributed by atoms with E-state index in [0.29, 0.717) is 13.2 Å². The highest BCUT2D eigenvalue weighted by atomic mass is 16.5. The third-order valence-corrected chi connectivity index (χ3v) is 2.53. The van der Waals surface area contributed by atoms with Crippen LogP contribution in [0.4, 0.5) is 0 Å². The van der Waals surface area contributed by atoms with Gasteiger partial charge in [0, 0.05) is 5.92 Å². The number of ether oxygens (including phenoxy) is 2. The van der Waals surface area contributed by atoms with E-state index in [9.17, 15) is 0 Å². The van der Waals surface area contributed by atoms with Gasteiger partial charge < -0.3 is 29.9 Å². The maximum atomic E-state index is 8.82. The highest BCUT2D eigenvalue weighted by Gasteiger charge is 2.14. The van der Waals surface area contributed by atoms with Crippen molar-refractivity contribution >= 4 is 0 Å². The lowest BCUT2D eigenvalue weighted by Gasteiger charge is -2.21. The third-order valence-electron chi connectivity index (χ3n) is 2.53. The molecule has 104 valence electrons. The van der Waals surface area contributed by atoms with Crippen molar-refractivity contribution in [2.75, 3.05) is 39.6 Å². The van der Waals surface area contributed by atoms with E-state index < -0.39 is 12.2 Å². The summed E-state index contributed by atoms with van der Waals surface area (Å²) in [5.74, 6) is 0.108. The Kier molecular flexibility index (Phi) is 10.7. The molecular weight excluding hydrogens is 228 g/mol. The molecule has 0 saturated carbocycles. The normalized spacial score (nSPS) is 12.0. The van der Waals surface area contributed by atoms with E-state index in [1.165, 1.54) is 0 Å². The predicted octanol–water partition coefficient (Wildman–Crippen LogP) is -1.25. The van der Waals surface area contributed by atoms with Crippen LogP contribution in [-0.2, 0) is 9.47 Å². The summed E-state index contributed by atoms with van der Waals surface area (Å²) in [6.45, 7) is 1.83. The standard InChI is InChI=1S/C11H24O6/c1-2-9(7-16-10(3-12)4-13)8-17-11(5-14)6-15/h9-15H,2-8H2,1H3. The number of aliphatic hydroxyl groups is 4. The topological polar surface area (TPSA) is 99.4 Å². The molecule has 0 radical (unpaired) electrons. The van der Waals surface area contributed by atoms with Crippen molar-refractivity contribution in [3.8, 4) is 0 Å². The summed E-state index contributed by atoms with van der Waals surface area (Å²) >= 11 is 0. The van der Waals surface area contributed by atoms with Gasteiger partial charge in [-0.05, 0) is 6.42 Å². The van der Waals surface area contributed by atoms with Crippen LogP contribution in [0.25, 0.3) is 0 Å². The second kappa shape index (κ2) is 10.9. The van der Waals surface area contributed by atoms with Gasteiger partial charge in [-0.15, -0.1) is 0 Å². The summed E-state index contributed by atoms with van der Waals surface area (Å²) in [4.78, 5) is 0. The van der Waals surface area contributed by atoms with Gasteiger partial charge in [0.2, 0.25) is 0 Å². The Labute approximate surface area is 102 Å². The molecule has 0 heterocycles. The summed E-state index contributed by atoms with van der Waals surface area (Å²) in [5.41, 5.74) is 0. The van der Waals surface area contributed by atoms with Gasteiger partial charge in [-0.2, -0.15) is 0 Å². The lowest BCUT2D eigenvalue weighted by Crippen LogP contribution is -2.29. The molecule has 4 N–H and O–H groups in total. The molecule has 0 bridgehead atoms. The summed E-state index contributed by atoms with van der Waals surface area (Å²) in [6, 6.07) is 0. The number of hydrogen-bond acceptors (Lipinski definition) is 6. The first kappa shape index (κ1) is 16.8. The molecule has 0 aliphatic heterocycles. The Hall–Kier alpha value is -0.240. The van der Waals surface area contributed by atoms with E-state index in [1.54, 1.807) is 0 Å². The van der Waals surface area contributed by atoms with E-state index in [0.717, 1.165) is 6.42 Å². The largest absolute Gasteiger partial charge is 0.394 e. The Morgan fingerprint density at radius 3 is 1.35 bits per heavy atom. The van der Waals surface area contributed by atoms with E-state index in [-0.39, 0.29) is 32.3 Å². The summed E-state index contributed by atoms with van der Waals surface area (Å²) in [7, 11) is 0. The third kappa shape index (κ3) is 7.64. The van der Waals surface area contributed by atoms with E-state index in [4.69, 9.17) is 29.9 Å². The molecule has 0 spiro atoms. The maximum Gasteiger partial charge on any atom is 0.104 e. The first-order valence-corrected chi connectivity index (χ1v) is 5.88. The molecular formula is C11H24O6. The van der Waals surface area contributed by atoms with Gasteiger partial charge >= 0.3 is 0 Å². The molecule has 0 aliphatic rings. The summed E-state index contributed by atoms with van der Waals surface area (Å²) < 4.78 is 10.6. The van der Waals surface area contributed by atoms with Gasteiger partial charge in [-0.25, -0.2) is 0 Å². The molecule has 0 amide bonds. The molecule has 6 nitrogen and oxygen atoms in total. The zero-order valence-corrected chi connectivity index (χ0v) is 10.3. The molecule has 0 aliphatic carbocycles. The zero-order chi connectivity index (χ0) is 13.1. The van der Waals surface area contributed by atoms with Crippen LogP contribution in [0.2, 0.25) is 0 Å². The SMILES string of the molecule is CCC(COC(CO)CO)COC(CO)CO. The Morgan fingerprint density at radius 1 is 0.765 bits per heavy atom. The Morgan fingerprint density at radius 2 is 1.12 bits per heavy atom. The van der Waals surface area contributed by atoms with Crippen molar-refractivity contribution in [3.63, 3.8) is 0 Å². The van der Waals surface area contributed by atoms with Crippen LogP contribution in [0.5, 0.6) is 0 Å². The van der Waals surface area contributed by atoms with E-state index >= 15 is 0 Å². The van der Waals surface area contributed by atoms with Crippen LogP contribution < -0.4 is 0 Å². The second-order valence-corrected chi connectivity index (χ2v) is 3.92. The van der Waals surface area contributed by atoms with Crippen molar-refractivity contribution < 1.29 is 29.9 Å². The quantitative estimate of drug-likeness (QED) is 0.367. The molecule has 0 rings (SSSR count). The average Bonchev–Trinajstić information content (AvgIpc) is 2.38. The lowest BCUT2D eigenvalue weighted by atomic mass is 10.1. The summed E-state index contributed by atoms with van der Waals surface area (Å²) in [5, 5.41) is 35.3. The Bertz CT molecular complexity index is 142. The van der Waals surface area contributed by atoms with Gasteiger partial charge in [0.1, 0.15) is 12.2 Å². The first-order chi connectivity index (χ1) is 8.21. The van der Waals surface area contributed by atoms with Gasteiger partial charge in [0.25, 0.3) is 0 Å². The molecule has 0 aromatic heterocycles. The lowest BCUT2D eigenvalue weighted by molar-refractivity contribution is -0.0697. The van der Waals surface area contributed by atoms with E-state index in [2.05, 4.69) is 0 Å². The fourth-order valence-corrected chi connectivity index (χ4v) is 1.15. The number of rotatable bonds is 11. The fraction of sp³-hybridized carbons (Fsp3) is 1.00.